The Balaban J connectivity index is 0.00000199. The molecule has 2 aromatic carbocycles. The molecule has 0 aliphatic carbocycles. The van der Waals surface area contributed by atoms with Crippen LogP contribution in [0, 0.1) is 5.92 Å². The van der Waals surface area contributed by atoms with E-state index in [0.717, 1.165) is 35.1 Å². The van der Waals surface area contributed by atoms with Crippen LogP contribution in [0.5, 0.6) is 0 Å². The molecular formula is C24H31ClN6O3. The molecule has 1 unspecified atom stereocenters. The van der Waals surface area contributed by atoms with E-state index in [-0.39, 0.29) is 18.4 Å². The number of benzene rings is 2. The summed E-state index contributed by atoms with van der Waals surface area (Å²) in [6.07, 6.45) is 1.98. The monoisotopic (exact) mass is 486 g/mol. The number of hydrogen-bond acceptors (Lipinski definition) is 6. The zero-order valence-electron chi connectivity index (χ0n) is 19.6. The lowest BCUT2D eigenvalue weighted by atomic mass is 9.97. The summed E-state index contributed by atoms with van der Waals surface area (Å²) < 4.78 is 0. The fraction of sp³-hybridized carbons (Fsp3) is 0.375. The van der Waals surface area contributed by atoms with Crippen molar-refractivity contribution in [2.75, 3.05) is 0 Å². The maximum atomic E-state index is 12.9. The number of amides is 1. The first-order valence-electron chi connectivity index (χ1n) is 11.1. The van der Waals surface area contributed by atoms with Crippen LogP contribution in [0.2, 0.25) is 0 Å². The highest BCUT2D eigenvalue weighted by atomic mass is 35.5. The first kappa shape index (κ1) is 26.9. The van der Waals surface area contributed by atoms with Crippen molar-refractivity contribution in [2.24, 2.45) is 11.2 Å². The predicted molar refractivity (Wildman–Crippen MR) is 131 cm³/mol. The number of H-pyrrole nitrogens is 1. The van der Waals surface area contributed by atoms with E-state index in [9.17, 15) is 14.7 Å². The summed E-state index contributed by atoms with van der Waals surface area (Å²) in [4.78, 5) is 26.3. The molecule has 10 heteroatoms. The molecule has 4 N–H and O–H groups in total. The summed E-state index contributed by atoms with van der Waals surface area (Å²) in [7, 11) is 0. The van der Waals surface area contributed by atoms with E-state index in [1.54, 1.807) is 0 Å². The number of nitrogens with one attached hydrogen (secondary N) is 1. The molecule has 34 heavy (non-hydrogen) atoms. The van der Waals surface area contributed by atoms with Crippen LogP contribution in [0.25, 0.3) is 22.5 Å². The van der Waals surface area contributed by atoms with Crippen LogP contribution in [0.1, 0.15) is 45.6 Å². The molecule has 1 amide bonds. The van der Waals surface area contributed by atoms with Gasteiger partial charge >= 0.3 is 5.97 Å². The van der Waals surface area contributed by atoms with Crippen molar-refractivity contribution in [3.05, 3.63) is 54.1 Å². The van der Waals surface area contributed by atoms with Crippen molar-refractivity contribution in [1.29, 1.82) is 0 Å². The number of aromatic nitrogens is 4. The van der Waals surface area contributed by atoms with Gasteiger partial charge in [0, 0.05) is 18.5 Å². The number of hydrogen-bond donors (Lipinski definition) is 3. The zero-order chi connectivity index (χ0) is 25.1. The van der Waals surface area contributed by atoms with Crippen LogP contribution in [0.4, 0.5) is 0 Å². The van der Waals surface area contributed by atoms with Crippen LogP contribution >= 0.6 is 11.8 Å². The second-order valence-electron chi connectivity index (χ2n) is 8.14. The van der Waals surface area contributed by atoms with Gasteiger partial charge in [0.15, 0.2) is 5.82 Å². The van der Waals surface area contributed by atoms with Crippen LogP contribution in [-0.2, 0) is 16.1 Å². The van der Waals surface area contributed by atoms with Gasteiger partial charge in [-0.1, -0.05) is 75.7 Å². The van der Waals surface area contributed by atoms with E-state index >= 15 is 0 Å². The average Bonchev–Trinajstić information content (AvgIpc) is 3.38. The number of tetrazole rings is 1. The molecule has 0 bridgehead atoms. The standard InChI is InChI=1S/C24H29N5O3.ClH2N/c1-4-5-10-21(30)29(22(16(2)3)24(31)32)15-17-11-13-18(14-12-17)19-8-6-7-9-20(19)23-25-27-28-26-23;1-2/h6-9,11-14,16,22H,4-5,10,15H2,1-3H3,(H,31,32)(H,25,26,27,28);2H2. The fourth-order valence-corrected chi connectivity index (χ4v) is 3.79. The quantitative estimate of drug-likeness (QED) is 0.364. The van der Waals surface area contributed by atoms with Crippen molar-refractivity contribution < 1.29 is 14.7 Å². The van der Waals surface area contributed by atoms with Gasteiger partial charge in [0.1, 0.15) is 6.04 Å². The van der Waals surface area contributed by atoms with Crippen LogP contribution in [0.3, 0.4) is 0 Å². The molecule has 0 fully saturated rings. The molecule has 1 atom stereocenters. The molecule has 182 valence electrons. The lowest BCUT2D eigenvalue weighted by molar-refractivity contribution is -0.153. The number of carbonyl (C=O) groups excluding carboxylic acids is 1. The molecule has 9 nitrogen and oxygen atoms in total. The van der Waals surface area contributed by atoms with Crippen LogP contribution < -0.4 is 5.25 Å². The molecule has 0 aliphatic heterocycles. The zero-order valence-corrected chi connectivity index (χ0v) is 20.4. The number of aromatic amines is 1. The molecule has 0 spiro atoms. The second-order valence-corrected chi connectivity index (χ2v) is 8.14. The summed E-state index contributed by atoms with van der Waals surface area (Å²) in [6, 6.07) is 14.8. The lowest BCUT2D eigenvalue weighted by Gasteiger charge is -2.32. The molecule has 0 radical (unpaired) electrons. The minimum atomic E-state index is -0.976. The van der Waals surface area contributed by atoms with Crippen molar-refractivity contribution in [3.63, 3.8) is 0 Å². The van der Waals surface area contributed by atoms with Gasteiger partial charge in [-0.25, -0.2) is 15.1 Å². The highest BCUT2D eigenvalue weighted by Gasteiger charge is 2.32. The molecular weight excluding hydrogens is 456 g/mol. The van der Waals surface area contributed by atoms with Crippen LogP contribution in [0.15, 0.2) is 48.5 Å². The third-order valence-corrected chi connectivity index (χ3v) is 5.43. The number of unbranched alkanes of at least 4 members (excludes halogenated alkanes) is 1. The number of halogens is 1. The van der Waals surface area contributed by atoms with E-state index in [2.05, 4.69) is 37.7 Å². The second kappa shape index (κ2) is 13.4. The van der Waals surface area contributed by atoms with Gasteiger partial charge in [-0.2, -0.15) is 0 Å². The van der Waals surface area contributed by atoms with Gasteiger partial charge in [0.2, 0.25) is 5.91 Å². The van der Waals surface area contributed by atoms with Gasteiger partial charge < -0.3 is 10.0 Å². The summed E-state index contributed by atoms with van der Waals surface area (Å²) in [5.41, 5.74) is 3.71. The number of carboxylic acid groups (broad SMARTS) is 1. The van der Waals surface area contributed by atoms with E-state index in [1.165, 1.54) is 4.90 Å². The van der Waals surface area contributed by atoms with Gasteiger partial charge in [0.05, 0.1) is 0 Å². The minimum Gasteiger partial charge on any atom is -0.480 e. The minimum absolute atomic E-state index is 0.125. The number of nitrogens with zero attached hydrogens (tertiary/aromatic N) is 4. The van der Waals surface area contributed by atoms with Crippen molar-refractivity contribution in [3.8, 4) is 22.5 Å². The Hall–Kier alpha value is -3.30. The summed E-state index contributed by atoms with van der Waals surface area (Å²) in [5, 5.41) is 27.9. The Bertz CT molecular complexity index is 1040. The van der Waals surface area contributed by atoms with Gasteiger partial charge in [-0.15, -0.1) is 5.10 Å². The molecule has 3 rings (SSSR count). The normalized spacial score (nSPS) is 11.5. The number of carbonyl (C=O) groups is 2. The third-order valence-electron chi connectivity index (χ3n) is 5.43. The van der Waals surface area contributed by atoms with E-state index in [4.69, 9.17) is 0 Å². The Labute approximate surface area is 204 Å². The number of carboxylic acids is 1. The predicted octanol–water partition coefficient (Wildman–Crippen LogP) is 4.26. The van der Waals surface area contributed by atoms with E-state index < -0.39 is 12.0 Å². The first-order valence-corrected chi connectivity index (χ1v) is 11.5. The lowest BCUT2D eigenvalue weighted by Crippen LogP contribution is -2.47. The maximum Gasteiger partial charge on any atom is 0.326 e. The Morgan fingerprint density at radius 2 is 1.74 bits per heavy atom. The molecule has 1 aromatic heterocycles. The number of rotatable bonds is 10. The Morgan fingerprint density at radius 3 is 2.26 bits per heavy atom. The molecule has 0 saturated carbocycles. The third kappa shape index (κ3) is 6.85. The molecule has 0 aliphatic rings. The molecule has 3 aromatic rings. The number of aliphatic carboxylic acids is 1. The Morgan fingerprint density at radius 1 is 1.09 bits per heavy atom. The molecule has 1 heterocycles. The highest BCUT2D eigenvalue weighted by Crippen LogP contribution is 2.30. The van der Waals surface area contributed by atoms with E-state index in [0.29, 0.717) is 12.2 Å². The summed E-state index contributed by atoms with van der Waals surface area (Å²) in [5.74, 6) is -0.713. The highest BCUT2D eigenvalue weighted by molar-refractivity contribution is 6.11. The van der Waals surface area contributed by atoms with Gasteiger partial charge in [-0.3, -0.25) is 4.79 Å². The smallest absolute Gasteiger partial charge is 0.326 e. The fourth-order valence-electron chi connectivity index (χ4n) is 3.79. The van der Waals surface area contributed by atoms with Crippen LogP contribution in [-0.4, -0.2) is 48.5 Å². The van der Waals surface area contributed by atoms with E-state index in [1.807, 2.05) is 69.3 Å². The Kier molecular flexibility index (Phi) is 10.6. The van der Waals surface area contributed by atoms with Gasteiger partial charge in [-0.05, 0) is 51.2 Å². The number of nitrogens with two attached hydrogens (primary N) is 1. The largest absolute Gasteiger partial charge is 0.480 e. The van der Waals surface area contributed by atoms with Crippen molar-refractivity contribution in [2.45, 2.75) is 52.6 Å². The summed E-state index contributed by atoms with van der Waals surface area (Å²) in [6.45, 7) is 5.93. The SMILES string of the molecule is CCCCC(=O)N(Cc1ccc(-c2ccccc2-c2nnn[nH]2)cc1)C(C(=O)O)C(C)C.NCl. The first-order chi connectivity index (χ1) is 16.4. The molecule has 0 saturated heterocycles. The average molecular weight is 487 g/mol. The maximum absolute atomic E-state index is 12.9. The van der Waals surface area contributed by atoms with Crippen molar-refractivity contribution in [1.82, 2.24) is 25.5 Å². The topological polar surface area (TPSA) is 138 Å². The van der Waals surface area contributed by atoms with Gasteiger partial charge in [0.25, 0.3) is 0 Å². The van der Waals surface area contributed by atoms with Crippen molar-refractivity contribution >= 4 is 23.7 Å². The summed E-state index contributed by atoms with van der Waals surface area (Å²) >= 11 is 4.14.